The number of hydrogen-bond acceptors (Lipinski definition) is 3. The van der Waals surface area contributed by atoms with Crippen LogP contribution < -0.4 is 11.1 Å². The van der Waals surface area contributed by atoms with Gasteiger partial charge in [-0.25, -0.2) is 0 Å². The number of nitrogens with zero attached hydrogens (tertiary/aromatic N) is 1. The lowest BCUT2D eigenvalue weighted by molar-refractivity contribution is -0.132. The maximum Gasteiger partial charge on any atom is 0.250 e. The molecule has 1 saturated heterocycles. The fourth-order valence-corrected chi connectivity index (χ4v) is 2.37. The minimum atomic E-state index is -0.509. The summed E-state index contributed by atoms with van der Waals surface area (Å²) in [5.41, 5.74) is 8.01. The Morgan fingerprint density at radius 3 is 2.38 bits per heavy atom. The second-order valence-electron chi connectivity index (χ2n) is 5.09. The number of carbonyl (C=O) groups excluding carboxylic acids is 2. The van der Waals surface area contributed by atoms with E-state index in [9.17, 15) is 9.59 Å². The number of benzene rings is 1. The third-order valence-corrected chi connectivity index (χ3v) is 3.98. The van der Waals surface area contributed by atoms with Crippen LogP contribution in [0.3, 0.4) is 0 Å². The van der Waals surface area contributed by atoms with Crippen LogP contribution in [-0.4, -0.2) is 36.3 Å². The topological polar surface area (TPSA) is 75.4 Å². The van der Waals surface area contributed by atoms with E-state index in [1.807, 2.05) is 24.3 Å². The van der Waals surface area contributed by atoms with Gasteiger partial charge in [-0.05, 0) is 30.2 Å². The number of amides is 2. The highest BCUT2D eigenvalue weighted by atomic mass is 79.9. The van der Waals surface area contributed by atoms with Crippen molar-refractivity contribution in [2.45, 2.75) is 13.5 Å². The Balaban J connectivity index is 2.15. The van der Waals surface area contributed by atoms with Crippen LogP contribution in [0.1, 0.15) is 12.5 Å². The summed E-state index contributed by atoms with van der Waals surface area (Å²) >= 11 is 3.37. The first-order valence-corrected chi connectivity index (χ1v) is 7.48. The summed E-state index contributed by atoms with van der Waals surface area (Å²) in [6.07, 6.45) is 0. The highest BCUT2D eigenvalue weighted by Crippen LogP contribution is 2.16. The Hall–Kier alpha value is -1.66. The lowest BCUT2D eigenvalue weighted by atomic mass is 10.0. The molecule has 0 radical (unpaired) electrons. The number of hydrogen-bond donors (Lipinski definition) is 2. The number of halogens is 1. The minimum absolute atomic E-state index is 0.0764. The molecule has 0 aliphatic carbocycles. The monoisotopic (exact) mass is 351 g/mol. The largest absolute Gasteiger partial charge is 0.368 e. The second kappa shape index (κ2) is 6.87. The average molecular weight is 352 g/mol. The summed E-state index contributed by atoms with van der Waals surface area (Å²) < 4.78 is 0.970. The van der Waals surface area contributed by atoms with Crippen molar-refractivity contribution in [3.05, 3.63) is 45.4 Å². The first kappa shape index (κ1) is 15.7. The number of nitrogens with one attached hydrogen (secondary N) is 1. The predicted octanol–water partition coefficient (Wildman–Crippen LogP) is 1.18. The molecule has 5 nitrogen and oxygen atoms in total. The average Bonchev–Trinajstić information content (AvgIpc) is 2.37. The zero-order chi connectivity index (χ0) is 15.4. The van der Waals surface area contributed by atoms with Crippen LogP contribution in [0.25, 0.3) is 0 Å². The van der Waals surface area contributed by atoms with E-state index in [-0.39, 0.29) is 12.5 Å². The zero-order valence-corrected chi connectivity index (χ0v) is 13.4. The van der Waals surface area contributed by atoms with Gasteiger partial charge in [0.05, 0.1) is 6.54 Å². The van der Waals surface area contributed by atoms with E-state index in [1.165, 1.54) is 4.90 Å². The van der Waals surface area contributed by atoms with Crippen LogP contribution in [0.4, 0.5) is 0 Å². The third-order valence-electron chi connectivity index (χ3n) is 3.45. The first-order valence-electron chi connectivity index (χ1n) is 6.68. The highest BCUT2D eigenvalue weighted by molar-refractivity contribution is 9.10. The lowest BCUT2D eigenvalue weighted by Gasteiger charge is -2.26. The first-order chi connectivity index (χ1) is 9.97. The molecule has 2 amide bonds. The molecule has 1 aromatic rings. The van der Waals surface area contributed by atoms with Gasteiger partial charge >= 0.3 is 0 Å². The van der Waals surface area contributed by atoms with Crippen LogP contribution in [0.2, 0.25) is 0 Å². The second-order valence-corrected chi connectivity index (χ2v) is 6.00. The number of rotatable bonds is 5. The minimum Gasteiger partial charge on any atom is -0.368 e. The lowest BCUT2D eigenvalue weighted by Crippen LogP contribution is -2.41. The Labute approximate surface area is 132 Å². The van der Waals surface area contributed by atoms with Gasteiger partial charge in [0, 0.05) is 29.7 Å². The summed E-state index contributed by atoms with van der Waals surface area (Å²) in [4.78, 5) is 25.2. The van der Waals surface area contributed by atoms with Crippen molar-refractivity contribution in [2.75, 3.05) is 19.6 Å². The summed E-state index contributed by atoms with van der Waals surface area (Å²) in [6.45, 7) is 3.56. The smallest absolute Gasteiger partial charge is 0.250 e. The maximum absolute atomic E-state index is 12.5. The van der Waals surface area contributed by atoms with Crippen molar-refractivity contribution in [2.24, 2.45) is 5.73 Å². The molecule has 21 heavy (non-hydrogen) atoms. The van der Waals surface area contributed by atoms with Crippen molar-refractivity contribution in [3.63, 3.8) is 0 Å². The molecular formula is C15H18BrN3O2. The van der Waals surface area contributed by atoms with E-state index in [0.29, 0.717) is 12.1 Å². The molecule has 0 aromatic heterocycles. The molecule has 6 heteroatoms. The van der Waals surface area contributed by atoms with Gasteiger partial charge < -0.3 is 16.0 Å². The fraction of sp³-hybridized carbons (Fsp3) is 0.333. The molecule has 112 valence electrons. The van der Waals surface area contributed by atoms with Crippen molar-refractivity contribution >= 4 is 27.7 Å². The Morgan fingerprint density at radius 1 is 1.29 bits per heavy atom. The van der Waals surface area contributed by atoms with Crippen LogP contribution >= 0.6 is 15.9 Å². The molecule has 0 unspecified atom stereocenters. The molecule has 1 aromatic carbocycles. The van der Waals surface area contributed by atoms with Crippen molar-refractivity contribution < 1.29 is 9.59 Å². The summed E-state index contributed by atoms with van der Waals surface area (Å²) in [7, 11) is 0. The SMILES string of the molecule is CC(C(=O)N(CC(N)=O)Cc1ccc(Br)cc1)=C1CNC1. The van der Waals surface area contributed by atoms with E-state index in [1.54, 1.807) is 6.92 Å². The third kappa shape index (κ3) is 4.15. The van der Waals surface area contributed by atoms with Gasteiger partial charge in [0.15, 0.2) is 0 Å². The molecule has 0 saturated carbocycles. The maximum atomic E-state index is 12.5. The molecule has 0 bridgehead atoms. The van der Waals surface area contributed by atoms with Crippen molar-refractivity contribution in [1.82, 2.24) is 10.2 Å². The summed E-state index contributed by atoms with van der Waals surface area (Å²) in [6, 6.07) is 7.64. The van der Waals surface area contributed by atoms with E-state index in [0.717, 1.165) is 28.7 Å². The van der Waals surface area contributed by atoms with Crippen LogP contribution in [0, 0.1) is 0 Å². The normalized spacial score (nSPS) is 13.5. The van der Waals surface area contributed by atoms with Gasteiger partial charge in [-0.3, -0.25) is 9.59 Å². The van der Waals surface area contributed by atoms with Gasteiger partial charge in [0.25, 0.3) is 0 Å². The molecule has 1 fully saturated rings. The van der Waals surface area contributed by atoms with Gasteiger partial charge in [-0.1, -0.05) is 28.1 Å². The molecule has 3 N–H and O–H groups in total. The van der Waals surface area contributed by atoms with E-state index >= 15 is 0 Å². The summed E-state index contributed by atoms with van der Waals surface area (Å²) in [5.74, 6) is -0.641. The Morgan fingerprint density at radius 2 is 1.90 bits per heavy atom. The van der Waals surface area contributed by atoms with Gasteiger partial charge in [-0.15, -0.1) is 0 Å². The van der Waals surface area contributed by atoms with E-state index < -0.39 is 5.91 Å². The predicted molar refractivity (Wildman–Crippen MR) is 84.3 cm³/mol. The van der Waals surface area contributed by atoms with Crippen molar-refractivity contribution in [3.8, 4) is 0 Å². The van der Waals surface area contributed by atoms with Crippen LogP contribution in [0.5, 0.6) is 0 Å². The Kier molecular flexibility index (Phi) is 5.14. The Bertz CT molecular complexity index is 575. The molecular weight excluding hydrogens is 334 g/mol. The number of primary amides is 1. The van der Waals surface area contributed by atoms with Crippen LogP contribution in [-0.2, 0) is 16.1 Å². The van der Waals surface area contributed by atoms with Crippen molar-refractivity contribution in [1.29, 1.82) is 0 Å². The molecule has 0 spiro atoms. The molecule has 1 aliphatic rings. The van der Waals surface area contributed by atoms with Crippen LogP contribution in [0.15, 0.2) is 39.9 Å². The van der Waals surface area contributed by atoms with Gasteiger partial charge in [-0.2, -0.15) is 0 Å². The molecule has 2 rings (SSSR count). The highest BCUT2D eigenvalue weighted by Gasteiger charge is 2.22. The molecule has 0 atom stereocenters. The van der Waals surface area contributed by atoms with Gasteiger partial charge in [0.1, 0.15) is 0 Å². The van der Waals surface area contributed by atoms with E-state index in [2.05, 4.69) is 21.2 Å². The fourth-order valence-electron chi connectivity index (χ4n) is 2.10. The van der Waals surface area contributed by atoms with Gasteiger partial charge in [0.2, 0.25) is 11.8 Å². The zero-order valence-electron chi connectivity index (χ0n) is 11.9. The molecule has 1 aliphatic heterocycles. The summed E-state index contributed by atoms with van der Waals surface area (Å²) in [5, 5.41) is 3.11. The number of carbonyl (C=O) groups is 2. The standard InChI is InChI=1S/C15H18BrN3O2/c1-10(12-6-18-7-12)15(21)19(9-14(17)20)8-11-2-4-13(16)5-3-11/h2-5,18H,6-9H2,1H3,(H2,17,20). The molecule has 1 heterocycles. The van der Waals surface area contributed by atoms with E-state index in [4.69, 9.17) is 5.73 Å². The quantitative estimate of drug-likeness (QED) is 0.782. The number of nitrogens with two attached hydrogens (primary N) is 1.